The van der Waals surface area contributed by atoms with Crippen molar-refractivity contribution in [3.8, 4) is 0 Å². The van der Waals surface area contributed by atoms with Crippen molar-refractivity contribution in [2.75, 3.05) is 11.9 Å². The van der Waals surface area contributed by atoms with Crippen LogP contribution in [0.1, 0.15) is 28.8 Å². The molecule has 3 aromatic rings. The summed E-state index contributed by atoms with van der Waals surface area (Å²) in [6.07, 6.45) is 3.34. The molecule has 1 unspecified atom stereocenters. The van der Waals surface area contributed by atoms with Gasteiger partial charge in [-0.05, 0) is 36.1 Å². The van der Waals surface area contributed by atoms with Crippen LogP contribution in [0, 0.1) is 0 Å². The maximum Gasteiger partial charge on any atom is 0.410 e. The van der Waals surface area contributed by atoms with Gasteiger partial charge in [0.05, 0.1) is 0 Å². The molecule has 1 N–H and O–H groups in total. The zero-order valence-electron chi connectivity index (χ0n) is 16.8. The van der Waals surface area contributed by atoms with Crippen LogP contribution in [-0.2, 0) is 22.6 Å². The molecule has 0 aliphatic carbocycles. The van der Waals surface area contributed by atoms with Gasteiger partial charge in [-0.15, -0.1) is 11.3 Å². The number of carbonyl (C=O) groups excluding carboxylic acids is 2. The largest absolute Gasteiger partial charge is 0.445 e. The summed E-state index contributed by atoms with van der Waals surface area (Å²) in [5.74, 6) is -0.238. The number of benzene rings is 2. The summed E-state index contributed by atoms with van der Waals surface area (Å²) in [5, 5.41) is 4.06. The third kappa shape index (κ3) is 5.62. The van der Waals surface area contributed by atoms with Gasteiger partial charge in [0.2, 0.25) is 5.91 Å². The van der Waals surface area contributed by atoms with Crippen molar-refractivity contribution in [2.24, 2.45) is 0 Å². The van der Waals surface area contributed by atoms with Gasteiger partial charge in [-0.25, -0.2) is 9.78 Å². The van der Waals surface area contributed by atoms with Crippen LogP contribution in [0.5, 0.6) is 0 Å². The summed E-state index contributed by atoms with van der Waals surface area (Å²) in [6, 6.07) is 16.6. The van der Waals surface area contributed by atoms with Crippen molar-refractivity contribution in [2.45, 2.75) is 31.9 Å². The highest BCUT2D eigenvalue weighted by Gasteiger charge is 2.35. The molecular formula is C23H22ClN3O3S. The van der Waals surface area contributed by atoms with E-state index in [1.807, 2.05) is 54.6 Å². The summed E-state index contributed by atoms with van der Waals surface area (Å²) in [6.45, 7) is 0.688. The van der Waals surface area contributed by atoms with Crippen LogP contribution in [0.4, 0.5) is 9.93 Å². The Morgan fingerprint density at radius 1 is 1.16 bits per heavy atom. The summed E-state index contributed by atoms with van der Waals surface area (Å²) in [5.41, 5.74) is 1.99. The molecular weight excluding hydrogens is 434 g/mol. The molecule has 1 saturated heterocycles. The molecule has 2 aromatic carbocycles. The molecule has 8 heteroatoms. The molecule has 0 radical (unpaired) electrons. The lowest BCUT2D eigenvalue weighted by molar-refractivity contribution is -0.120. The molecule has 31 heavy (non-hydrogen) atoms. The van der Waals surface area contributed by atoms with Crippen molar-refractivity contribution < 1.29 is 14.3 Å². The lowest BCUT2D eigenvalue weighted by Crippen LogP contribution is -2.43. The first-order chi connectivity index (χ1) is 15.1. The number of hydrogen-bond donors (Lipinski definition) is 1. The standard InChI is InChI=1S/C23H22ClN3O3S/c24-18-9-4-8-17(12-18)13-19-14-25-22(31-19)26-21(28)20-10-5-11-27(20)23(29)30-15-16-6-2-1-3-7-16/h1-4,6-9,12,14,20H,5,10-11,13,15H2,(H,25,26,28). The average molecular weight is 456 g/mol. The molecule has 2 heterocycles. The van der Waals surface area contributed by atoms with Crippen molar-refractivity contribution in [3.05, 3.63) is 81.8 Å². The number of thiazole rings is 1. The SMILES string of the molecule is O=C(Nc1ncc(Cc2cccc(Cl)c2)s1)C1CCCN1C(=O)OCc1ccccc1. The Bertz CT molecular complexity index is 1060. The van der Waals surface area contributed by atoms with Gasteiger partial charge in [0, 0.05) is 29.1 Å². The van der Waals surface area contributed by atoms with Crippen molar-refractivity contribution in [1.29, 1.82) is 0 Å². The van der Waals surface area contributed by atoms with Crippen molar-refractivity contribution >= 4 is 40.1 Å². The number of amides is 2. The second-order valence-corrected chi connectivity index (χ2v) is 8.87. The summed E-state index contributed by atoms with van der Waals surface area (Å²) in [7, 11) is 0. The highest BCUT2D eigenvalue weighted by molar-refractivity contribution is 7.15. The third-order valence-corrected chi connectivity index (χ3v) is 6.19. The minimum atomic E-state index is -0.552. The number of nitrogens with zero attached hydrogens (tertiary/aromatic N) is 2. The van der Waals surface area contributed by atoms with Gasteiger partial charge < -0.3 is 10.1 Å². The first-order valence-corrected chi connectivity index (χ1v) is 11.3. The molecule has 1 aliphatic rings. The highest BCUT2D eigenvalue weighted by atomic mass is 35.5. The first-order valence-electron chi connectivity index (χ1n) is 10.1. The third-order valence-electron chi connectivity index (χ3n) is 5.05. The first kappa shape index (κ1) is 21.3. The maximum absolute atomic E-state index is 12.8. The van der Waals surface area contributed by atoms with Crippen LogP contribution in [-0.4, -0.2) is 34.5 Å². The van der Waals surface area contributed by atoms with Gasteiger partial charge in [-0.2, -0.15) is 0 Å². The van der Waals surface area contributed by atoms with E-state index in [2.05, 4.69) is 10.3 Å². The Hall–Kier alpha value is -2.90. The van der Waals surface area contributed by atoms with Crippen LogP contribution in [0.2, 0.25) is 5.02 Å². The normalized spacial score (nSPS) is 15.6. The lowest BCUT2D eigenvalue weighted by atomic mass is 10.1. The summed E-state index contributed by atoms with van der Waals surface area (Å²) < 4.78 is 5.41. The van der Waals surface area contributed by atoms with Gasteiger partial charge in [-0.3, -0.25) is 9.69 Å². The minimum absolute atomic E-state index is 0.184. The molecule has 2 amide bonds. The maximum atomic E-state index is 12.8. The van der Waals surface area contributed by atoms with E-state index < -0.39 is 12.1 Å². The fraction of sp³-hybridized carbons (Fsp3) is 0.261. The topological polar surface area (TPSA) is 71.5 Å². The second kappa shape index (κ2) is 9.94. The zero-order valence-corrected chi connectivity index (χ0v) is 18.4. The van der Waals surface area contributed by atoms with Gasteiger partial charge >= 0.3 is 6.09 Å². The van der Waals surface area contributed by atoms with Crippen LogP contribution in [0.15, 0.2) is 60.8 Å². The number of nitrogens with one attached hydrogen (secondary N) is 1. The number of likely N-dealkylation sites (tertiary alicyclic amines) is 1. The molecule has 1 aliphatic heterocycles. The predicted molar refractivity (Wildman–Crippen MR) is 121 cm³/mol. The molecule has 0 bridgehead atoms. The van der Waals surface area contributed by atoms with E-state index in [1.54, 1.807) is 6.20 Å². The predicted octanol–water partition coefficient (Wildman–Crippen LogP) is 5.13. The van der Waals surface area contributed by atoms with Crippen LogP contribution in [0.3, 0.4) is 0 Å². The summed E-state index contributed by atoms with van der Waals surface area (Å²) in [4.78, 5) is 32.2. The molecule has 1 fully saturated rings. The van der Waals surface area contributed by atoms with E-state index in [1.165, 1.54) is 16.2 Å². The number of rotatable bonds is 6. The second-order valence-electron chi connectivity index (χ2n) is 7.32. The Labute approximate surface area is 189 Å². The van der Waals surface area contributed by atoms with Crippen LogP contribution >= 0.6 is 22.9 Å². The Morgan fingerprint density at radius 3 is 2.77 bits per heavy atom. The minimum Gasteiger partial charge on any atom is -0.445 e. The number of ether oxygens (including phenoxy) is 1. The molecule has 6 nitrogen and oxygen atoms in total. The van der Waals surface area contributed by atoms with E-state index in [-0.39, 0.29) is 12.5 Å². The fourth-order valence-electron chi connectivity index (χ4n) is 3.54. The Kier molecular flexibility index (Phi) is 6.84. The van der Waals surface area contributed by atoms with Crippen molar-refractivity contribution in [3.63, 3.8) is 0 Å². The monoisotopic (exact) mass is 455 g/mol. The van der Waals surface area contributed by atoms with Gasteiger partial charge in [0.1, 0.15) is 12.6 Å². The van der Waals surface area contributed by atoms with Crippen LogP contribution in [0.25, 0.3) is 0 Å². The molecule has 1 atom stereocenters. The molecule has 4 rings (SSSR count). The number of hydrogen-bond acceptors (Lipinski definition) is 5. The zero-order chi connectivity index (χ0) is 21.6. The molecule has 0 spiro atoms. The quantitative estimate of drug-likeness (QED) is 0.559. The van der Waals surface area contributed by atoms with E-state index >= 15 is 0 Å². The average Bonchev–Trinajstić information content (AvgIpc) is 3.42. The van der Waals surface area contributed by atoms with Crippen LogP contribution < -0.4 is 5.32 Å². The Morgan fingerprint density at radius 2 is 1.97 bits per heavy atom. The van der Waals surface area contributed by atoms with Gasteiger partial charge in [0.25, 0.3) is 0 Å². The van der Waals surface area contributed by atoms with E-state index in [0.29, 0.717) is 29.5 Å². The summed E-state index contributed by atoms with van der Waals surface area (Å²) >= 11 is 7.46. The number of anilines is 1. The lowest BCUT2D eigenvalue weighted by Gasteiger charge is -2.22. The highest BCUT2D eigenvalue weighted by Crippen LogP contribution is 2.25. The molecule has 0 saturated carbocycles. The van der Waals surface area contributed by atoms with E-state index in [0.717, 1.165) is 22.4 Å². The molecule has 1 aromatic heterocycles. The molecule has 160 valence electrons. The van der Waals surface area contributed by atoms with E-state index in [4.69, 9.17) is 16.3 Å². The number of carbonyl (C=O) groups is 2. The number of halogens is 1. The Balaban J connectivity index is 1.33. The van der Waals surface area contributed by atoms with E-state index in [9.17, 15) is 9.59 Å². The number of aromatic nitrogens is 1. The fourth-order valence-corrected chi connectivity index (χ4v) is 4.61. The van der Waals surface area contributed by atoms with Gasteiger partial charge in [-0.1, -0.05) is 54.1 Å². The smallest absolute Gasteiger partial charge is 0.410 e. The van der Waals surface area contributed by atoms with Gasteiger partial charge in [0.15, 0.2) is 5.13 Å². The van der Waals surface area contributed by atoms with Crippen molar-refractivity contribution in [1.82, 2.24) is 9.88 Å².